The van der Waals surface area contributed by atoms with Crippen LogP contribution in [0.25, 0.3) is 0 Å². The number of nitrogens with zero attached hydrogens (tertiary/aromatic N) is 2. The van der Waals surface area contributed by atoms with Crippen molar-refractivity contribution < 1.29 is 0 Å². The minimum absolute atomic E-state index is 0.499. The first kappa shape index (κ1) is 7.66. The second kappa shape index (κ2) is 3.66. The van der Waals surface area contributed by atoms with Gasteiger partial charge in [0.2, 0.25) is 0 Å². The van der Waals surface area contributed by atoms with Crippen LogP contribution in [0, 0.1) is 0 Å². The maximum atomic E-state index is 3.91. The van der Waals surface area contributed by atoms with Crippen molar-refractivity contribution in [3.63, 3.8) is 0 Å². The Hall–Kier alpha value is -0.440. The van der Waals surface area contributed by atoms with Crippen LogP contribution in [-0.4, -0.2) is 14.8 Å². The Balaban J connectivity index is 2.59. The highest BCUT2D eigenvalue weighted by Gasteiger charge is 1.97. The van der Waals surface area contributed by atoms with E-state index in [1.807, 2.05) is 12.4 Å². The largest absolute Gasteiger partial charge is 0.245 e. The molecule has 2 nitrogen and oxygen atoms in total. The summed E-state index contributed by atoms with van der Waals surface area (Å²) in [5.41, 5.74) is 1.17. The number of aromatic nitrogens is 2. The Morgan fingerprint density at radius 2 is 2.10 bits per heavy atom. The first-order valence-electron chi connectivity index (χ1n) is 3.17. The highest BCUT2D eigenvalue weighted by Crippen LogP contribution is 2.05. The molecule has 0 aliphatic rings. The van der Waals surface area contributed by atoms with Crippen LogP contribution in [0.5, 0.6) is 0 Å². The molecule has 0 saturated carbocycles. The number of alkyl halides is 1. The smallest absolute Gasteiger partial charge is 0.115 e. The van der Waals surface area contributed by atoms with E-state index in [9.17, 15) is 0 Å². The monoisotopic (exact) mass is 200 g/mol. The number of hydrogen-bond donors (Lipinski definition) is 0. The summed E-state index contributed by atoms with van der Waals surface area (Å²) in [6.07, 6.45) is 6.21. The summed E-state index contributed by atoms with van der Waals surface area (Å²) in [5, 5.41) is 0. The minimum atomic E-state index is 0.499. The van der Waals surface area contributed by atoms with Gasteiger partial charge in [0.25, 0.3) is 0 Å². The van der Waals surface area contributed by atoms with Crippen LogP contribution in [0.15, 0.2) is 18.7 Å². The summed E-state index contributed by atoms with van der Waals surface area (Å²) < 4.78 is 0. The molecule has 0 aliphatic heterocycles. The fourth-order valence-corrected chi connectivity index (χ4v) is 1.13. The second-order valence-electron chi connectivity index (χ2n) is 2.23. The van der Waals surface area contributed by atoms with Crippen LogP contribution in [0.3, 0.4) is 0 Å². The number of halogens is 1. The van der Waals surface area contributed by atoms with Crippen LogP contribution in [0.2, 0.25) is 0 Å². The van der Waals surface area contributed by atoms with Crippen LogP contribution in [-0.2, 0) is 6.42 Å². The molecule has 1 unspecified atom stereocenters. The third-order valence-corrected chi connectivity index (χ3v) is 1.45. The van der Waals surface area contributed by atoms with E-state index in [4.69, 9.17) is 0 Å². The first-order chi connectivity index (χ1) is 4.79. The highest BCUT2D eigenvalue weighted by atomic mass is 79.9. The van der Waals surface area contributed by atoms with Crippen LogP contribution >= 0.6 is 15.9 Å². The van der Waals surface area contributed by atoms with Gasteiger partial charge in [0, 0.05) is 17.2 Å². The van der Waals surface area contributed by atoms with E-state index in [0.29, 0.717) is 4.83 Å². The molecular weight excluding hydrogens is 192 g/mol. The molecule has 0 spiro atoms. The maximum Gasteiger partial charge on any atom is 0.115 e. The molecule has 0 saturated heterocycles. The van der Waals surface area contributed by atoms with Crippen molar-refractivity contribution in [1.29, 1.82) is 0 Å². The molecule has 1 rings (SSSR count). The summed E-state index contributed by atoms with van der Waals surface area (Å²) in [7, 11) is 0. The fourth-order valence-electron chi connectivity index (χ4n) is 0.760. The van der Waals surface area contributed by atoms with E-state index in [0.717, 1.165) is 6.42 Å². The van der Waals surface area contributed by atoms with E-state index in [-0.39, 0.29) is 0 Å². The third kappa shape index (κ3) is 2.43. The van der Waals surface area contributed by atoms with E-state index >= 15 is 0 Å². The minimum Gasteiger partial charge on any atom is -0.245 e. The number of hydrogen-bond acceptors (Lipinski definition) is 2. The summed E-state index contributed by atoms with van der Waals surface area (Å²) in [4.78, 5) is 8.31. The molecule has 0 radical (unpaired) electrons. The quantitative estimate of drug-likeness (QED) is 0.682. The molecule has 10 heavy (non-hydrogen) atoms. The average Bonchev–Trinajstić information content (AvgIpc) is 1.88. The van der Waals surface area contributed by atoms with Gasteiger partial charge in [-0.2, -0.15) is 0 Å². The normalized spacial score (nSPS) is 13.0. The van der Waals surface area contributed by atoms with E-state index < -0.39 is 0 Å². The number of rotatable bonds is 2. The van der Waals surface area contributed by atoms with Crippen LogP contribution < -0.4 is 0 Å². The summed E-state index contributed by atoms with van der Waals surface area (Å²) in [5.74, 6) is 0. The van der Waals surface area contributed by atoms with Gasteiger partial charge in [-0.3, -0.25) is 0 Å². The van der Waals surface area contributed by atoms with Crippen LogP contribution in [0.4, 0.5) is 0 Å². The molecule has 54 valence electrons. The topological polar surface area (TPSA) is 25.8 Å². The van der Waals surface area contributed by atoms with Crippen molar-refractivity contribution in [2.24, 2.45) is 0 Å². The molecule has 0 bridgehead atoms. The fraction of sp³-hybridized carbons (Fsp3) is 0.429. The van der Waals surface area contributed by atoms with Gasteiger partial charge < -0.3 is 0 Å². The van der Waals surface area contributed by atoms with Crippen molar-refractivity contribution in [2.75, 3.05) is 0 Å². The lowest BCUT2D eigenvalue weighted by atomic mass is 10.2. The Kier molecular flexibility index (Phi) is 2.81. The standard InChI is InChI=1S/C7H9BrN2/c1-6(8)2-7-3-9-5-10-4-7/h3-6H,2H2,1H3. The van der Waals surface area contributed by atoms with Gasteiger partial charge >= 0.3 is 0 Å². The summed E-state index contributed by atoms with van der Waals surface area (Å²) >= 11 is 3.46. The van der Waals surface area contributed by atoms with E-state index in [1.165, 1.54) is 5.56 Å². The molecule has 1 heterocycles. The van der Waals surface area contributed by atoms with Crippen molar-refractivity contribution in [2.45, 2.75) is 18.2 Å². The molecular formula is C7H9BrN2. The van der Waals surface area contributed by atoms with Gasteiger partial charge in [-0.05, 0) is 12.0 Å². The first-order valence-corrected chi connectivity index (χ1v) is 4.08. The van der Waals surface area contributed by atoms with Gasteiger partial charge in [0.05, 0.1) is 0 Å². The highest BCUT2D eigenvalue weighted by molar-refractivity contribution is 9.09. The average molecular weight is 201 g/mol. The van der Waals surface area contributed by atoms with Crippen LogP contribution in [0.1, 0.15) is 12.5 Å². The third-order valence-electron chi connectivity index (χ3n) is 1.13. The van der Waals surface area contributed by atoms with E-state index in [2.05, 4.69) is 32.8 Å². The Morgan fingerprint density at radius 1 is 1.50 bits per heavy atom. The molecule has 0 aromatic carbocycles. The zero-order valence-electron chi connectivity index (χ0n) is 5.79. The maximum absolute atomic E-state index is 3.91. The zero-order valence-corrected chi connectivity index (χ0v) is 7.37. The summed E-state index contributed by atoms with van der Waals surface area (Å²) in [6.45, 7) is 2.10. The predicted molar refractivity (Wildman–Crippen MR) is 44.1 cm³/mol. The van der Waals surface area contributed by atoms with Crippen molar-refractivity contribution >= 4 is 15.9 Å². The summed E-state index contributed by atoms with van der Waals surface area (Å²) in [6, 6.07) is 0. The lowest BCUT2D eigenvalue weighted by Crippen LogP contribution is -1.96. The lowest BCUT2D eigenvalue weighted by Gasteiger charge is -1.99. The molecule has 3 heteroatoms. The predicted octanol–water partition coefficient (Wildman–Crippen LogP) is 1.80. The van der Waals surface area contributed by atoms with Crippen molar-refractivity contribution in [3.05, 3.63) is 24.3 Å². The molecule has 0 amide bonds. The SMILES string of the molecule is CC(Br)Cc1cncnc1. The molecule has 1 aromatic heterocycles. The van der Waals surface area contributed by atoms with Gasteiger partial charge in [-0.25, -0.2) is 9.97 Å². The Bertz CT molecular complexity index is 186. The molecule has 1 atom stereocenters. The molecule has 0 fully saturated rings. The molecule has 1 aromatic rings. The van der Waals surface area contributed by atoms with Gasteiger partial charge in [-0.1, -0.05) is 22.9 Å². The lowest BCUT2D eigenvalue weighted by molar-refractivity contribution is 0.932. The van der Waals surface area contributed by atoms with Crippen molar-refractivity contribution in [3.8, 4) is 0 Å². The Morgan fingerprint density at radius 3 is 2.60 bits per heavy atom. The van der Waals surface area contributed by atoms with Gasteiger partial charge in [0.1, 0.15) is 6.33 Å². The van der Waals surface area contributed by atoms with Gasteiger partial charge in [0.15, 0.2) is 0 Å². The molecule has 0 N–H and O–H groups in total. The van der Waals surface area contributed by atoms with Gasteiger partial charge in [-0.15, -0.1) is 0 Å². The van der Waals surface area contributed by atoms with E-state index in [1.54, 1.807) is 6.33 Å². The van der Waals surface area contributed by atoms with Crippen molar-refractivity contribution in [1.82, 2.24) is 9.97 Å². The zero-order chi connectivity index (χ0) is 7.40. The second-order valence-corrected chi connectivity index (χ2v) is 3.79. The Labute approximate surface area is 68.8 Å². The molecule has 0 aliphatic carbocycles.